The molecule has 1 heterocycles. The molecule has 0 radical (unpaired) electrons. The van der Waals surface area contributed by atoms with Crippen LogP contribution in [0.1, 0.15) is 28.4 Å². The van der Waals surface area contributed by atoms with E-state index in [4.69, 9.17) is 26.2 Å². The molecule has 0 fully saturated rings. The zero-order valence-electron chi connectivity index (χ0n) is 19.9. The first kappa shape index (κ1) is 27.8. The molecule has 1 unspecified atom stereocenters. The fourth-order valence-corrected chi connectivity index (χ4v) is 4.00. The van der Waals surface area contributed by atoms with Crippen LogP contribution in [0.2, 0.25) is 5.02 Å². The number of rotatable bonds is 12. The first-order valence-electron chi connectivity index (χ1n) is 11.0. The van der Waals surface area contributed by atoms with Gasteiger partial charge in [0.2, 0.25) is 0 Å². The number of methoxy groups -OCH3 is 2. The fourth-order valence-electron chi connectivity index (χ4n) is 3.83. The Labute approximate surface area is 216 Å². The number of hydrogen-bond acceptors (Lipinski definition) is 6. The van der Waals surface area contributed by atoms with Gasteiger partial charge in [-0.15, -0.1) is 0 Å². The highest BCUT2D eigenvalue weighted by Crippen LogP contribution is 2.38. The molecule has 37 heavy (non-hydrogen) atoms. The lowest BCUT2D eigenvalue weighted by atomic mass is 9.99. The van der Waals surface area contributed by atoms with Crippen molar-refractivity contribution in [3.05, 3.63) is 81.2 Å². The van der Waals surface area contributed by atoms with Crippen molar-refractivity contribution in [1.82, 2.24) is 4.57 Å². The zero-order valence-corrected chi connectivity index (χ0v) is 20.7. The van der Waals surface area contributed by atoms with Crippen LogP contribution in [0.3, 0.4) is 0 Å². The molecule has 2 aromatic carbocycles. The number of aromatic nitrogens is 1. The summed E-state index contributed by atoms with van der Waals surface area (Å²) in [4.78, 5) is 37.6. The molecule has 8 nitrogen and oxygen atoms in total. The van der Waals surface area contributed by atoms with Crippen LogP contribution in [0.25, 0.3) is 11.1 Å². The predicted molar refractivity (Wildman–Crippen MR) is 132 cm³/mol. The highest BCUT2D eigenvalue weighted by atomic mass is 35.5. The smallest absolute Gasteiger partial charge is 0.387 e. The molecule has 0 bridgehead atoms. The number of carboxylic acid groups (broad SMARTS) is 1. The Morgan fingerprint density at radius 1 is 1.03 bits per heavy atom. The summed E-state index contributed by atoms with van der Waals surface area (Å²) >= 11 is 6.06. The molecule has 0 amide bonds. The van der Waals surface area contributed by atoms with E-state index >= 15 is 0 Å². The molecule has 0 aliphatic rings. The third kappa shape index (κ3) is 6.93. The first-order valence-corrected chi connectivity index (χ1v) is 11.4. The minimum absolute atomic E-state index is 0.0640. The molecular weight excluding hydrogens is 512 g/mol. The summed E-state index contributed by atoms with van der Waals surface area (Å²) in [5.41, 5.74) is 0.340. The molecule has 3 rings (SSSR count). The number of ketones is 1. The second kappa shape index (κ2) is 12.5. The predicted octanol–water partition coefficient (Wildman–Crippen LogP) is 4.87. The zero-order chi connectivity index (χ0) is 27.1. The Morgan fingerprint density at radius 2 is 1.70 bits per heavy atom. The second-order valence-electron chi connectivity index (χ2n) is 7.96. The van der Waals surface area contributed by atoms with Gasteiger partial charge in [-0.2, -0.15) is 8.78 Å². The van der Waals surface area contributed by atoms with E-state index in [0.29, 0.717) is 5.56 Å². The summed E-state index contributed by atoms with van der Waals surface area (Å²) < 4.78 is 42.3. The molecule has 1 atom stereocenters. The Hall–Kier alpha value is -3.76. The number of alkyl halides is 2. The molecule has 1 aromatic heterocycles. The lowest BCUT2D eigenvalue weighted by molar-refractivity contribution is -0.122. The second-order valence-corrected chi connectivity index (χ2v) is 8.40. The van der Waals surface area contributed by atoms with Crippen LogP contribution < -0.4 is 15.0 Å². The van der Waals surface area contributed by atoms with E-state index < -0.39 is 24.2 Å². The first-order chi connectivity index (χ1) is 17.6. The van der Waals surface area contributed by atoms with E-state index in [9.17, 15) is 23.2 Å². The van der Waals surface area contributed by atoms with E-state index in [1.807, 2.05) is 0 Å². The van der Waals surface area contributed by atoms with Crippen molar-refractivity contribution in [2.45, 2.75) is 25.5 Å². The van der Waals surface area contributed by atoms with Crippen LogP contribution >= 0.6 is 11.6 Å². The number of carbonyl (C=O) groups excluding carboxylic acids is 1. The normalized spacial score (nSPS) is 11.8. The van der Waals surface area contributed by atoms with Crippen molar-refractivity contribution in [3.63, 3.8) is 0 Å². The van der Waals surface area contributed by atoms with Gasteiger partial charge in [-0.25, -0.2) is 4.79 Å². The number of aromatic carboxylic acids is 1. The Bertz CT molecular complexity index is 1330. The molecule has 0 saturated heterocycles. The fraction of sp³-hybridized carbons (Fsp3) is 0.269. The van der Waals surface area contributed by atoms with E-state index in [1.165, 1.54) is 67.4 Å². The van der Waals surface area contributed by atoms with Gasteiger partial charge in [0, 0.05) is 42.4 Å². The molecular formula is C26H24ClF2NO7. The van der Waals surface area contributed by atoms with Crippen molar-refractivity contribution in [2.24, 2.45) is 0 Å². The van der Waals surface area contributed by atoms with E-state index in [2.05, 4.69) is 4.74 Å². The Morgan fingerprint density at radius 3 is 2.30 bits per heavy atom. The van der Waals surface area contributed by atoms with Crippen LogP contribution in [0.5, 0.6) is 11.5 Å². The molecule has 0 aliphatic heterocycles. The molecule has 0 saturated carbocycles. The number of hydrogen-bond donors (Lipinski definition) is 1. The standard InChI is InChI=1S/C26H24ClF2NO7/c1-35-10-9-20(21(31)11-15-3-5-16(6-4-15)25(33)34)30-14-23(36-2)19(13-24(30)32)18-12-17(27)7-8-22(18)37-26(28)29/h3-8,12-14,20,26H,9-11H2,1-2H3,(H,33,34). The van der Waals surface area contributed by atoms with Gasteiger partial charge >= 0.3 is 12.6 Å². The number of carbonyl (C=O) groups is 2. The minimum atomic E-state index is -3.10. The summed E-state index contributed by atoms with van der Waals surface area (Å²) in [5.74, 6) is -1.48. The average molecular weight is 536 g/mol. The average Bonchev–Trinajstić information content (AvgIpc) is 2.86. The number of ether oxygens (including phenoxy) is 3. The quantitative estimate of drug-likeness (QED) is 0.353. The van der Waals surface area contributed by atoms with Gasteiger partial charge < -0.3 is 23.9 Å². The van der Waals surface area contributed by atoms with Gasteiger partial charge in [0.15, 0.2) is 5.78 Å². The van der Waals surface area contributed by atoms with Crippen molar-refractivity contribution >= 4 is 23.4 Å². The van der Waals surface area contributed by atoms with Gasteiger partial charge in [-0.1, -0.05) is 23.7 Å². The van der Waals surface area contributed by atoms with Gasteiger partial charge in [-0.05, 0) is 42.3 Å². The molecule has 11 heteroatoms. The summed E-state index contributed by atoms with van der Waals surface area (Å²) in [6, 6.07) is 10.1. The molecule has 196 valence electrons. The van der Waals surface area contributed by atoms with Gasteiger partial charge in [-0.3, -0.25) is 9.59 Å². The molecule has 1 N–H and O–H groups in total. The number of nitrogens with zero attached hydrogens (tertiary/aromatic N) is 1. The minimum Gasteiger partial charge on any atom is -0.495 e. The summed E-state index contributed by atoms with van der Waals surface area (Å²) in [7, 11) is 2.80. The highest BCUT2D eigenvalue weighted by Gasteiger charge is 2.25. The molecule has 3 aromatic rings. The third-order valence-electron chi connectivity index (χ3n) is 5.59. The van der Waals surface area contributed by atoms with Crippen molar-refractivity contribution < 1.29 is 37.7 Å². The maximum absolute atomic E-state index is 13.3. The summed E-state index contributed by atoms with van der Waals surface area (Å²) in [6.45, 7) is -2.93. The van der Waals surface area contributed by atoms with Crippen LogP contribution in [-0.2, 0) is 16.0 Å². The lowest BCUT2D eigenvalue weighted by Crippen LogP contribution is -2.31. The van der Waals surface area contributed by atoms with E-state index in [0.717, 1.165) is 6.07 Å². The largest absolute Gasteiger partial charge is 0.495 e. The SMILES string of the molecule is COCCC(C(=O)Cc1ccc(C(=O)O)cc1)n1cc(OC)c(-c2cc(Cl)ccc2OC(F)F)cc1=O. The van der Waals surface area contributed by atoms with Gasteiger partial charge in [0.25, 0.3) is 5.56 Å². The monoisotopic (exact) mass is 535 g/mol. The number of halogens is 3. The van der Waals surface area contributed by atoms with Crippen LogP contribution in [-0.4, -0.2) is 48.9 Å². The van der Waals surface area contributed by atoms with Crippen molar-refractivity contribution in [1.29, 1.82) is 0 Å². The summed E-state index contributed by atoms with van der Waals surface area (Å²) in [5, 5.41) is 9.30. The lowest BCUT2D eigenvalue weighted by Gasteiger charge is -2.21. The van der Waals surface area contributed by atoms with Gasteiger partial charge in [0.1, 0.15) is 11.5 Å². The Kier molecular flexibility index (Phi) is 9.37. The topological polar surface area (TPSA) is 104 Å². The third-order valence-corrected chi connectivity index (χ3v) is 5.83. The Balaban J connectivity index is 2.03. The highest BCUT2D eigenvalue weighted by molar-refractivity contribution is 6.31. The molecule has 0 spiro atoms. The van der Waals surface area contributed by atoms with Crippen molar-refractivity contribution in [2.75, 3.05) is 20.8 Å². The van der Waals surface area contributed by atoms with Crippen LogP contribution in [0, 0.1) is 0 Å². The van der Waals surface area contributed by atoms with E-state index in [1.54, 1.807) is 0 Å². The molecule has 0 aliphatic carbocycles. The number of benzene rings is 2. The number of Topliss-reactive ketones (excluding diaryl/α,β-unsaturated/α-hetero) is 1. The number of pyridine rings is 1. The van der Waals surface area contributed by atoms with Crippen molar-refractivity contribution in [3.8, 4) is 22.6 Å². The van der Waals surface area contributed by atoms with Crippen LogP contribution in [0.15, 0.2) is 59.5 Å². The maximum atomic E-state index is 13.3. The van der Waals surface area contributed by atoms with Crippen LogP contribution in [0.4, 0.5) is 8.78 Å². The maximum Gasteiger partial charge on any atom is 0.387 e. The summed E-state index contributed by atoms with van der Waals surface area (Å²) in [6.07, 6.45) is 1.43. The van der Waals surface area contributed by atoms with E-state index in [-0.39, 0.29) is 58.4 Å². The number of carboxylic acids is 1. The van der Waals surface area contributed by atoms with Gasteiger partial charge in [0.05, 0.1) is 24.9 Å².